The molecular formula is C24H22N4O5. The van der Waals surface area contributed by atoms with Crippen molar-refractivity contribution in [1.82, 2.24) is 4.90 Å². The molecule has 3 amide bonds. The average Bonchev–Trinajstić information content (AvgIpc) is 3.51. The first kappa shape index (κ1) is 20.0. The van der Waals surface area contributed by atoms with Crippen molar-refractivity contribution in [2.24, 2.45) is 11.8 Å². The van der Waals surface area contributed by atoms with E-state index in [9.17, 15) is 24.5 Å². The summed E-state index contributed by atoms with van der Waals surface area (Å²) >= 11 is 0. The topological polar surface area (TPSA) is 113 Å². The summed E-state index contributed by atoms with van der Waals surface area (Å²) in [7, 11) is 0. The normalized spacial score (nSPS) is 30.0. The number of hydrogen-bond donors (Lipinski definition) is 1. The van der Waals surface area contributed by atoms with Crippen molar-refractivity contribution in [3.63, 3.8) is 0 Å². The van der Waals surface area contributed by atoms with Crippen LogP contribution in [0.4, 0.5) is 17.1 Å². The van der Waals surface area contributed by atoms with Gasteiger partial charge in [0, 0.05) is 29.4 Å². The van der Waals surface area contributed by atoms with Crippen LogP contribution in [0.25, 0.3) is 0 Å². The first-order valence-electron chi connectivity index (χ1n) is 11.2. The molecule has 0 aliphatic carbocycles. The quantitative estimate of drug-likeness (QED) is 0.441. The number of nitro benzene ring substituents is 1. The number of carbonyl (C=O) groups excluding carboxylic acids is 3. The van der Waals surface area contributed by atoms with Gasteiger partial charge >= 0.3 is 0 Å². The summed E-state index contributed by atoms with van der Waals surface area (Å²) in [5.74, 6) is -2.66. The minimum absolute atomic E-state index is 0.175. The van der Waals surface area contributed by atoms with Crippen LogP contribution in [0.2, 0.25) is 0 Å². The summed E-state index contributed by atoms with van der Waals surface area (Å²) in [5.41, 5.74) is 1.23. The smallest absolute Gasteiger partial charge is 0.271 e. The van der Waals surface area contributed by atoms with Gasteiger partial charge in [-0.05, 0) is 43.5 Å². The molecule has 4 aliphatic heterocycles. The highest BCUT2D eigenvalue weighted by molar-refractivity contribution is 6.26. The van der Waals surface area contributed by atoms with Crippen molar-refractivity contribution in [3.05, 3.63) is 63.7 Å². The zero-order valence-electron chi connectivity index (χ0n) is 18.0. The van der Waals surface area contributed by atoms with Gasteiger partial charge in [0.1, 0.15) is 5.54 Å². The highest BCUT2D eigenvalue weighted by atomic mass is 16.6. The molecule has 1 spiro atoms. The number of nitrogens with zero attached hydrogens (tertiary/aromatic N) is 3. The van der Waals surface area contributed by atoms with E-state index in [0.717, 1.165) is 35.3 Å². The van der Waals surface area contributed by atoms with E-state index in [1.54, 1.807) is 0 Å². The Kier molecular flexibility index (Phi) is 4.08. The van der Waals surface area contributed by atoms with Crippen molar-refractivity contribution in [1.29, 1.82) is 0 Å². The Labute approximate surface area is 189 Å². The van der Waals surface area contributed by atoms with Crippen LogP contribution in [-0.2, 0) is 26.3 Å². The number of benzene rings is 2. The molecule has 3 saturated heterocycles. The molecule has 9 nitrogen and oxygen atoms in total. The van der Waals surface area contributed by atoms with Gasteiger partial charge in [-0.25, -0.2) is 4.90 Å². The number of carbonyl (C=O) groups is 3. The van der Waals surface area contributed by atoms with E-state index >= 15 is 0 Å². The van der Waals surface area contributed by atoms with Gasteiger partial charge in [-0.15, -0.1) is 0 Å². The van der Waals surface area contributed by atoms with Crippen molar-refractivity contribution >= 4 is 34.8 Å². The molecule has 4 aliphatic rings. The number of amides is 3. The van der Waals surface area contributed by atoms with Crippen molar-refractivity contribution < 1.29 is 19.3 Å². The predicted molar refractivity (Wildman–Crippen MR) is 118 cm³/mol. The number of anilines is 2. The molecule has 9 heteroatoms. The molecule has 33 heavy (non-hydrogen) atoms. The van der Waals surface area contributed by atoms with E-state index in [0.29, 0.717) is 12.2 Å². The number of nitro groups is 1. The molecule has 3 fully saturated rings. The summed E-state index contributed by atoms with van der Waals surface area (Å²) in [6, 6.07) is 11.2. The Morgan fingerprint density at radius 2 is 1.97 bits per heavy atom. The van der Waals surface area contributed by atoms with E-state index in [4.69, 9.17) is 0 Å². The maximum absolute atomic E-state index is 13.9. The van der Waals surface area contributed by atoms with Crippen LogP contribution in [0.3, 0.4) is 0 Å². The fourth-order valence-electron chi connectivity index (χ4n) is 6.47. The molecule has 0 saturated carbocycles. The lowest BCUT2D eigenvalue weighted by Crippen LogP contribution is -2.54. The fraction of sp³-hybridized carbons (Fsp3) is 0.375. The first-order valence-corrected chi connectivity index (χ1v) is 11.2. The van der Waals surface area contributed by atoms with E-state index in [1.807, 2.05) is 25.1 Å². The second-order valence-corrected chi connectivity index (χ2v) is 9.15. The van der Waals surface area contributed by atoms with Crippen molar-refractivity contribution in [2.45, 2.75) is 37.8 Å². The molecule has 168 valence electrons. The summed E-state index contributed by atoms with van der Waals surface area (Å²) in [6.07, 6.45) is 2.34. The highest BCUT2D eigenvalue weighted by Gasteiger charge is 2.74. The molecule has 1 N–H and O–H groups in total. The third-order valence-corrected chi connectivity index (χ3v) is 7.76. The van der Waals surface area contributed by atoms with Gasteiger partial charge in [-0.1, -0.05) is 25.1 Å². The number of hydrogen-bond acceptors (Lipinski definition) is 6. The lowest BCUT2D eigenvalue weighted by Gasteiger charge is -2.36. The van der Waals surface area contributed by atoms with E-state index in [-0.39, 0.29) is 29.2 Å². The zero-order chi connectivity index (χ0) is 23.1. The summed E-state index contributed by atoms with van der Waals surface area (Å²) in [5, 5.41) is 14.2. The SMILES string of the molecule is CCc1ccc2c(c1)[C@]1(C(=O)N2)[C@@H]2C(=O)N(c3cccc([N+](=O)[O-])c3)C(=O)[C@@H]2[C@H]2CCCN21. The molecule has 2 aromatic carbocycles. The number of rotatable bonds is 3. The minimum Gasteiger partial charge on any atom is -0.324 e. The summed E-state index contributed by atoms with van der Waals surface area (Å²) < 4.78 is 0. The van der Waals surface area contributed by atoms with Gasteiger partial charge in [0.05, 0.1) is 22.4 Å². The van der Waals surface area contributed by atoms with Crippen LogP contribution >= 0.6 is 0 Å². The van der Waals surface area contributed by atoms with Crippen molar-refractivity contribution in [3.8, 4) is 0 Å². The van der Waals surface area contributed by atoms with Gasteiger partial charge in [-0.2, -0.15) is 0 Å². The molecule has 4 atom stereocenters. The standard InChI is InChI=1S/C24H22N4O5/c1-2-13-8-9-17-16(11-13)24(23(31)25-17)20-19(18-7-4-10-26(18)24)21(29)27(22(20)30)14-5-3-6-15(12-14)28(32)33/h3,5-6,8-9,11-12,18-20H,2,4,7,10H2,1H3,(H,25,31)/t18-,19-,20+,24-/m1/s1. The van der Waals surface area contributed by atoms with E-state index in [1.165, 1.54) is 24.3 Å². The summed E-state index contributed by atoms with van der Waals surface area (Å²) in [4.78, 5) is 55.1. The van der Waals surface area contributed by atoms with Gasteiger partial charge in [0.25, 0.3) is 5.69 Å². The lowest BCUT2D eigenvalue weighted by molar-refractivity contribution is -0.384. The monoisotopic (exact) mass is 446 g/mol. The second kappa shape index (κ2) is 6.71. The highest BCUT2D eigenvalue weighted by Crippen LogP contribution is 2.60. The van der Waals surface area contributed by atoms with Crippen LogP contribution in [0, 0.1) is 22.0 Å². The van der Waals surface area contributed by atoms with Crippen molar-refractivity contribution in [2.75, 3.05) is 16.8 Å². The fourth-order valence-corrected chi connectivity index (χ4v) is 6.47. The van der Waals surface area contributed by atoms with Gasteiger partial charge in [0.15, 0.2) is 0 Å². The molecule has 0 bridgehead atoms. The molecule has 4 heterocycles. The maximum Gasteiger partial charge on any atom is 0.271 e. The van der Waals surface area contributed by atoms with Gasteiger partial charge in [0.2, 0.25) is 17.7 Å². The van der Waals surface area contributed by atoms with E-state index in [2.05, 4.69) is 10.2 Å². The Bertz CT molecular complexity index is 1260. The maximum atomic E-state index is 13.9. The Morgan fingerprint density at radius 3 is 2.73 bits per heavy atom. The van der Waals surface area contributed by atoms with Crippen LogP contribution in [0.15, 0.2) is 42.5 Å². The average molecular weight is 446 g/mol. The zero-order valence-corrected chi connectivity index (χ0v) is 18.0. The third-order valence-electron chi connectivity index (χ3n) is 7.76. The molecule has 2 aromatic rings. The molecular weight excluding hydrogens is 424 g/mol. The third kappa shape index (κ3) is 2.37. The molecule has 0 aromatic heterocycles. The van der Waals surface area contributed by atoms with Gasteiger partial charge in [-0.3, -0.25) is 29.4 Å². The Morgan fingerprint density at radius 1 is 1.15 bits per heavy atom. The number of imide groups is 1. The van der Waals surface area contributed by atoms with E-state index < -0.39 is 28.2 Å². The number of aryl methyl sites for hydroxylation is 1. The lowest BCUT2D eigenvalue weighted by atomic mass is 9.75. The molecule has 0 unspecified atom stereocenters. The number of fused-ring (bicyclic) bond motifs is 7. The number of non-ortho nitro benzene ring substituents is 1. The molecule has 0 radical (unpaired) electrons. The van der Waals surface area contributed by atoms with Crippen LogP contribution in [-0.4, -0.2) is 40.1 Å². The second-order valence-electron chi connectivity index (χ2n) is 9.15. The van der Waals surface area contributed by atoms with Crippen LogP contribution in [0.1, 0.15) is 30.9 Å². The van der Waals surface area contributed by atoms with Crippen LogP contribution < -0.4 is 10.2 Å². The molecule has 6 rings (SSSR count). The largest absolute Gasteiger partial charge is 0.324 e. The van der Waals surface area contributed by atoms with Crippen LogP contribution in [0.5, 0.6) is 0 Å². The Balaban J connectivity index is 1.54. The summed E-state index contributed by atoms with van der Waals surface area (Å²) in [6.45, 7) is 2.67. The minimum atomic E-state index is -1.24. The number of nitrogens with one attached hydrogen (secondary N) is 1. The first-order chi connectivity index (χ1) is 15.9. The predicted octanol–water partition coefficient (Wildman–Crippen LogP) is 2.59. The van der Waals surface area contributed by atoms with Gasteiger partial charge < -0.3 is 5.32 Å². The Hall–Kier alpha value is -3.59.